The predicted molar refractivity (Wildman–Crippen MR) is 152 cm³/mol. The smallest absolute Gasteiger partial charge is 0.266 e. The highest BCUT2D eigenvalue weighted by Crippen LogP contribution is 2.26. The summed E-state index contributed by atoms with van der Waals surface area (Å²) in [7, 11) is 0. The van der Waals surface area contributed by atoms with Gasteiger partial charge in [-0.2, -0.15) is 5.26 Å². The summed E-state index contributed by atoms with van der Waals surface area (Å²) in [4.78, 5) is 12.8. The third-order valence-electron chi connectivity index (χ3n) is 5.41. The number of para-hydroxylation sites is 1. The first-order chi connectivity index (χ1) is 18.4. The van der Waals surface area contributed by atoms with Gasteiger partial charge in [0.1, 0.15) is 36.4 Å². The van der Waals surface area contributed by atoms with Crippen molar-refractivity contribution in [3.05, 3.63) is 128 Å². The fraction of sp³-hybridized carbons (Fsp3) is 0.0667. The molecule has 0 fully saturated rings. The number of carbonyl (C=O) groups is 1. The van der Waals surface area contributed by atoms with Gasteiger partial charge in [-0.05, 0) is 66.2 Å². The second-order valence-electron chi connectivity index (χ2n) is 8.13. The lowest BCUT2D eigenvalue weighted by Crippen LogP contribution is -2.13. The zero-order chi connectivity index (χ0) is 26.9. The monoisotopic (exact) mass is 562 g/mol. The van der Waals surface area contributed by atoms with Crippen LogP contribution < -0.4 is 14.8 Å². The Morgan fingerprint density at radius 2 is 1.55 bits per heavy atom. The molecule has 0 heterocycles. The van der Waals surface area contributed by atoms with E-state index in [1.54, 1.807) is 78.9 Å². The van der Waals surface area contributed by atoms with Crippen LogP contribution in [0.2, 0.25) is 15.1 Å². The Balaban J connectivity index is 1.40. The van der Waals surface area contributed by atoms with Gasteiger partial charge in [-0.25, -0.2) is 0 Å². The largest absolute Gasteiger partial charge is 0.489 e. The van der Waals surface area contributed by atoms with E-state index < -0.39 is 5.91 Å². The summed E-state index contributed by atoms with van der Waals surface area (Å²) in [6.07, 6.45) is 1.48. The van der Waals surface area contributed by atoms with E-state index in [0.29, 0.717) is 44.4 Å². The van der Waals surface area contributed by atoms with Crippen LogP contribution in [0.1, 0.15) is 16.7 Å². The van der Waals surface area contributed by atoms with Crippen molar-refractivity contribution in [3.63, 3.8) is 0 Å². The van der Waals surface area contributed by atoms with Gasteiger partial charge in [-0.1, -0.05) is 71.2 Å². The molecule has 1 N–H and O–H groups in total. The van der Waals surface area contributed by atoms with Gasteiger partial charge in [-0.15, -0.1) is 0 Å². The van der Waals surface area contributed by atoms with Gasteiger partial charge in [0, 0.05) is 31.9 Å². The molecule has 0 aliphatic carbocycles. The standard InChI is InChI=1S/C30H21Cl3N2O3/c31-24-8-5-20(6-9-24)18-37-27-13-11-26(12-14-27)35-30(36)23(17-34)15-21-3-1-2-4-29(21)38-19-22-7-10-25(32)16-28(22)33/h1-16H,18-19H2,(H,35,36)/b23-15+. The summed E-state index contributed by atoms with van der Waals surface area (Å²) in [6, 6.07) is 28.5. The zero-order valence-electron chi connectivity index (χ0n) is 20.0. The molecule has 0 bridgehead atoms. The maximum atomic E-state index is 12.8. The number of benzene rings is 4. The Morgan fingerprint density at radius 3 is 2.26 bits per heavy atom. The quantitative estimate of drug-likeness (QED) is 0.164. The Bertz CT molecular complexity index is 1490. The van der Waals surface area contributed by atoms with Crippen molar-refractivity contribution >= 4 is 52.5 Å². The van der Waals surface area contributed by atoms with Crippen molar-refractivity contribution < 1.29 is 14.3 Å². The fourth-order valence-electron chi connectivity index (χ4n) is 3.41. The predicted octanol–water partition coefficient (Wildman–Crippen LogP) is 8.35. The van der Waals surface area contributed by atoms with Crippen molar-refractivity contribution in [2.24, 2.45) is 0 Å². The maximum Gasteiger partial charge on any atom is 0.266 e. The van der Waals surface area contributed by atoms with Gasteiger partial charge < -0.3 is 14.8 Å². The third kappa shape index (κ3) is 7.53. The van der Waals surface area contributed by atoms with Crippen LogP contribution in [0.4, 0.5) is 5.69 Å². The number of rotatable bonds is 9. The summed E-state index contributed by atoms with van der Waals surface area (Å²) in [5, 5.41) is 14.1. The molecule has 38 heavy (non-hydrogen) atoms. The zero-order valence-corrected chi connectivity index (χ0v) is 22.2. The maximum absolute atomic E-state index is 12.8. The summed E-state index contributed by atoms with van der Waals surface area (Å²) in [5.41, 5.74) is 2.77. The molecule has 5 nitrogen and oxygen atoms in total. The highest BCUT2D eigenvalue weighted by molar-refractivity contribution is 6.35. The normalized spacial score (nSPS) is 10.9. The Hall–Kier alpha value is -3.95. The average molecular weight is 564 g/mol. The lowest BCUT2D eigenvalue weighted by molar-refractivity contribution is -0.112. The van der Waals surface area contributed by atoms with Crippen molar-refractivity contribution in [2.75, 3.05) is 5.32 Å². The van der Waals surface area contributed by atoms with Gasteiger partial charge in [-0.3, -0.25) is 4.79 Å². The lowest BCUT2D eigenvalue weighted by atomic mass is 10.1. The molecule has 1 amide bonds. The van der Waals surface area contributed by atoms with E-state index in [4.69, 9.17) is 44.3 Å². The SMILES string of the molecule is N#C/C(=C\c1ccccc1OCc1ccc(Cl)cc1Cl)C(=O)Nc1ccc(OCc2ccc(Cl)cc2)cc1. The molecule has 0 unspecified atom stereocenters. The molecule has 0 aliphatic heterocycles. The first kappa shape index (κ1) is 27.1. The summed E-state index contributed by atoms with van der Waals surface area (Å²) >= 11 is 18.1. The second-order valence-corrected chi connectivity index (χ2v) is 9.41. The minimum Gasteiger partial charge on any atom is -0.489 e. The molecule has 8 heteroatoms. The molecule has 190 valence electrons. The number of nitrogens with zero attached hydrogens (tertiary/aromatic N) is 1. The number of amides is 1. The molecular formula is C30H21Cl3N2O3. The number of nitrogens with one attached hydrogen (secondary N) is 1. The van der Waals surface area contributed by atoms with Gasteiger partial charge in [0.2, 0.25) is 0 Å². The van der Waals surface area contributed by atoms with Crippen molar-refractivity contribution in [1.29, 1.82) is 5.26 Å². The number of ether oxygens (including phenoxy) is 2. The number of nitriles is 1. The fourth-order valence-corrected chi connectivity index (χ4v) is 4.00. The number of halogens is 3. The highest BCUT2D eigenvalue weighted by atomic mass is 35.5. The summed E-state index contributed by atoms with van der Waals surface area (Å²) < 4.78 is 11.7. The van der Waals surface area contributed by atoms with E-state index in [2.05, 4.69) is 5.32 Å². The van der Waals surface area contributed by atoms with E-state index in [9.17, 15) is 10.1 Å². The molecule has 0 saturated carbocycles. The van der Waals surface area contributed by atoms with Crippen LogP contribution in [0.25, 0.3) is 6.08 Å². The summed E-state index contributed by atoms with van der Waals surface area (Å²) in [6.45, 7) is 0.581. The number of anilines is 1. The van der Waals surface area contributed by atoms with Gasteiger partial charge >= 0.3 is 0 Å². The average Bonchev–Trinajstić information content (AvgIpc) is 2.92. The van der Waals surface area contributed by atoms with Crippen LogP contribution in [-0.2, 0) is 18.0 Å². The molecular weight excluding hydrogens is 543 g/mol. The first-order valence-corrected chi connectivity index (χ1v) is 12.6. The Labute approximate surface area is 235 Å². The van der Waals surface area contributed by atoms with Crippen molar-refractivity contribution in [3.8, 4) is 17.6 Å². The van der Waals surface area contributed by atoms with Crippen LogP contribution in [0.5, 0.6) is 11.5 Å². The van der Waals surface area contributed by atoms with Gasteiger partial charge in [0.15, 0.2) is 0 Å². The molecule has 0 saturated heterocycles. The number of hydrogen-bond acceptors (Lipinski definition) is 4. The third-order valence-corrected chi connectivity index (χ3v) is 6.25. The molecule has 0 spiro atoms. The van der Waals surface area contributed by atoms with Gasteiger partial charge in [0.05, 0.1) is 0 Å². The van der Waals surface area contributed by atoms with E-state index in [1.807, 2.05) is 18.2 Å². The lowest BCUT2D eigenvalue weighted by Gasteiger charge is -2.11. The minimum atomic E-state index is -0.544. The van der Waals surface area contributed by atoms with Crippen molar-refractivity contribution in [1.82, 2.24) is 0 Å². The van der Waals surface area contributed by atoms with Crippen LogP contribution in [-0.4, -0.2) is 5.91 Å². The molecule has 0 atom stereocenters. The van der Waals surface area contributed by atoms with E-state index in [-0.39, 0.29) is 12.2 Å². The number of carbonyl (C=O) groups excluding carboxylic acids is 1. The van der Waals surface area contributed by atoms with Crippen LogP contribution >= 0.6 is 34.8 Å². The Kier molecular flexibility index (Phi) is 9.29. The summed E-state index contributed by atoms with van der Waals surface area (Å²) in [5.74, 6) is 0.597. The minimum absolute atomic E-state index is 0.0753. The second kappa shape index (κ2) is 13.0. The molecule has 0 aliphatic rings. The van der Waals surface area contributed by atoms with E-state index in [0.717, 1.165) is 11.1 Å². The van der Waals surface area contributed by atoms with E-state index in [1.165, 1.54) is 6.08 Å². The van der Waals surface area contributed by atoms with Crippen LogP contribution in [0.3, 0.4) is 0 Å². The van der Waals surface area contributed by atoms with Crippen molar-refractivity contribution in [2.45, 2.75) is 13.2 Å². The van der Waals surface area contributed by atoms with Crippen LogP contribution in [0.15, 0.2) is 96.6 Å². The molecule has 0 aromatic heterocycles. The topological polar surface area (TPSA) is 71.3 Å². The molecule has 0 radical (unpaired) electrons. The first-order valence-electron chi connectivity index (χ1n) is 11.5. The van der Waals surface area contributed by atoms with Gasteiger partial charge in [0.25, 0.3) is 5.91 Å². The molecule has 4 aromatic carbocycles. The van der Waals surface area contributed by atoms with E-state index >= 15 is 0 Å². The highest BCUT2D eigenvalue weighted by Gasteiger charge is 2.12. The Morgan fingerprint density at radius 1 is 0.842 bits per heavy atom. The number of hydrogen-bond donors (Lipinski definition) is 1. The molecule has 4 rings (SSSR count). The van der Waals surface area contributed by atoms with Crippen LogP contribution in [0, 0.1) is 11.3 Å². The molecule has 4 aromatic rings.